The average molecular weight is 224 g/mol. The normalized spacial score (nSPS) is 10.4. The Morgan fingerprint density at radius 3 is 2.75 bits per heavy atom. The molecule has 0 aromatic heterocycles. The summed E-state index contributed by atoms with van der Waals surface area (Å²) in [6.07, 6.45) is 1.30. The van der Waals surface area contributed by atoms with E-state index in [-0.39, 0.29) is 11.6 Å². The van der Waals surface area contributed by atoms with Gasteiger partial charge in [0, 0.05) is 18.6 Å². The molecule has 0 aliphatic rings. The van der Waals surface area contributed by atoms with Gasteiger partial charge in [-0.1, -0.05) is 6.92 Å². The van der Waals surface area contributed by atoms with Crippen molar-refractivity contribution in [3.05, 3.63) is 35.1 Å². The zero-order valence-electron chi connectivity index (χ0n) is 9.75. The third-order valence-electron chi connectivity index (χ3n) is 2.30. The summed E-state index contributed by atoms with van der Waals surface area (Å²) in [6, 6.07) is 4.43. The van der Waals surface area contributed by atoms with E-state index in [2.05, 4.69) is 0 Å². The lowest BCUT2D eigenvalue weighted by molar-refractivity contribution is 0.0878. The molecule has 0 spiro atoms. The summed E-state index contributed by atoms with van der Waals surface area (Å²) in [4.78, 5) is 11.7. The van der Waals surface area contributed by atoms with Crippen molar-refractivity contribution < 1.29 is 13.9 Å². The van der Waals surface area contributed by atoms with Crippen molar-refractivity contribution >= 4 is 5.78 Å². The van der Waals surface area contributed by atoms with E-state index in [0.717, 1.165) is 6.42 Å². The molecule has 0 saturated heterocycles. The van der Waals surface area contributed by atoms with E-state index in [1.165, 1.54) is 12.1 Å². The largest absolute Gasteiger partial charge is 0.381 e. The van der Waals surface area contributed by atoms with Crippen molar-refractivity contribution in [3.8, 4) is 0 Å². The third-order valence-corrected chi connectivity index (χ3v) is 2.30. The van der Waals surface area contributed by atoms with Crippen LogP contribution in [-0.2, 0) is 4.74 Å². The third kappa shape index (κ3) is 3.74. The predicted molar refractivity (Wildman–Crippen MR) is 61.2 cm³/mol. The molecule has 0 amide bonds. The Bertz CT molecular complexity index is 361. The molecule has 16 heavy (non-hydrogen) atoms. The molecule has 0 aliphatic carbocycles. The van der Waals surface area contributed by atoms with Crippen LogP contribution in [0.2, 0.25) is 0 Å². The molecule has 0 radical (unpaired) electrons. The number of carbonyl (C=O) groups excluding carboxylic acids is 1. The second-order valence-electron chi connectivity index (χ2n) is 3.75. The predicted octanol–water partition coefficient (Wildman–Crippen LogP) is 3.13. The number of Topliss-reactive ketones (excluding diaryl/α,β-unsaturated/α-hetero) is 1. The molecule has 1 rings (SSSR count). The highest BCUT2D eigenvalue weighted by Crippen LogP contribution is 2.11. The van der Waals surface area contributed by atoms with Crippen LogP contribution in [0.5, 0.6) is 0 Å². The highest BCUT2D eigenvalue weighted by Gasteiger charge is 2.07. The quantitative estimate of drug-likeness (QED) is 0.548. The van der Waals surface area contributed by atoms with Crippen molar-refractivity contribution in [2.45, 2.75) is 26.7 Å². The van der Waals surface area contributed by atoms with E-state index >= 15 is 0 Å². The summed E-state index contributed by atoms with van der Waals surface area (Å²) in [5, 5.41) is 0. The van der Waals surface area contributed by atoms with Crippen LogP contribution < -0.4 is 0 Å². The molecule has 1 aromatic carbocycles. The fourth-order valence-electron chi connectivity index (χ4n) is 1.37. The number of rotatable bonds is 6. The molecule has 0 fully saturated rings. The van der Waals surface area contributed by atoms with Gasteiger partial charge in [-0.15, -0.1) is 0 Å². The van der Waals surface area contributed by atoms with Gasteiger partial charge >= 0.3 is 0 Å². The van der Waals surface area contributed by atoms with E-state index in [9.17, 15) is 9.18 Å². The van der Waals surface area contributed by atoms with Gasteiger partial charge in [-0.25, -0.2) is 4.39 Å². The monoisotopic (exact) mass is 224 g/mol. The smallest absolute Gasteiger partial charge is 0.165 e. The van der Waals surface area contributed by atoms with Crippen LogP contribution in [0.15, 0.2) is 18.2 Å². The number of hydrogen-bond donors (Lipinski definition) is 0. The molecule has 0 heterocycles. The Labute approximate surface area is 95.4 Å². The van der Waals surface area contributed by atoms with E-state index in [4.69, 9.17) is 4.74 Å². The van der Waals surface area contributed by atoms with Crippen molar-refractivity contribution in [3.63, 3.8) is 0 Å². The second kappa shape index (κ2) is 6.38. The number of ketones is 1. The van der Waals surface area contributed by atoms with Gasteiger partial charge in [0.1, 0.15) is 5.82 Å². The number of aryl methyl sites for hydroxylation is 1. The first-order chi connectivity index (χ1) is 7.65. The summed E-state index contributed by atoms with van der Waals surface area (Å²) in [7, 11) is 0. The van der Waals surface area contributed by atoms with Gasteiger partial charge in [-0.05, 0) is 37.1 Å². The van der Waals surface area contributed by atoms with Crippen molar-refractivity contribution in [2.75, 3.05) is 13.2 Å². The maximum absolute atomic E-state index is 13.0. The van der Waals surface area contributed by atoms with Crippen LogP contribution in [0, 0.1) is 12.7 Å². The van der Waals surface area contributed by atoms with Crippen LogP contribution in [0.1, 0.15) is 35.7 Å². The van der Waals surface area contributed by atoms with Gasteiger partial charge in [0.15, 0.2) is 5.78 Å². The first-order valence-corrected chi connectivity index (χ1v) is 5.52. The Hall–Kier alpha value is -1.22. The molecular formula is C13H17FO2. The van der Waals surface area contributed by atoms with Gasteiger partial charge in [-0.3, -0.25) is 4.79 Å². The lowest BCUT2D eigenvalue weighted by atomic mass is 10.1. The molecule has 1 aromatic rings. The molecule has 0 bridgehead atoms. The Balaban J connectivity index is 2.50. The highest BCUT2D eigenvalue weighted by atomic mass is 19.1. The van der Waals surface area contributed by atoms with Crippen LogP contribution >= 0.6 is 0 Å². The molecule has 0 aliphatic heterocycles. The number of carbonyl (C=O) groups is 1. The summed E-state index contributed by atoms with van der Waals surface area (Å²) >= 11 is 0. The van der Waals surface area contributed by atoms with E-state index in [1.54, 1.807) is 13.0 Å². The lowest BCUT2D eigenvalue weighted by Gasteiger charge is -2.04. The summed E-state index contributed by atoms with van der Waals surface area (Å²) in [5.74, 6) is -0.280. The summed E-state index contributed by atoms with van der Waals surface area (Å²) in [6.45, 7) is 4.78. The molecule has 2 nitrogen and oxygen atoms in total. The SMILES string of the molecule is CCCOCCC(=O)c1ccc(F)c(C)c1. The minimum atomic E-state index is -0.279. The minimum Gasteiger partial charge on any atom is -0.381 e. The summed E-state index contributed by atoms with van der Waals surface area (Å²) in [5.41, 5.74) is 1.05. The van der Waals surface area contributed by atoms with E-state index < -0.39 is 0 Å². The highest BCUT2D eigenvalue weighted by molar-refractivity contribution is 5.96. The number of hydrogen-bond acceptors (Lipinski definition) is 2. The molecule has 88 valence electrons. The van der Waals surface area contributed by atoms with Crippen LogP contribution in [0.4, 0.5) is 4.39 Å². The van der Waals surface area contributed by atoms with Gasteiger partial charge in [0.2, 0.25) is 0 Å². The maximum Gasteiger partial charge on any atom is 0.165 e. The molecule has 0 N–H and O–H groups in total. The van der Waals surface area contributed by atoms with Crippen LogP contribution in [0.3, 0.4) is 0 Å². The molecular weight excluding hydrogens is 207 g/mol. The van der Waals surface area contributed by atoms with Crippen molar-refractivity contribution in [2.24, 2.45) is 0 Å². The second-order valence-corrected chi connectivity index (χ2v) is 3.75. The van der Waals surface area contributed by atoms with Crippen LogP contribution in [0.25, 0.3) is 0 Å². The number of halogens is 1. The fourth-order valence-corrected chi connectivity index (χ4v) is 1.37. The van der Waals surface area contributed by atoms with Gasteiger partial charge in [-0.2, -0.15) is 0 Å². The average Bonchev–Trinajstić information content (AvgIpc) is 2.28. The van der Waals surface area contributed by atoms with Crippen LogP contribution in [-0.4, -0.2) is 19.0 Å². The van der Waals surface area contributed by atoms with Gasteiger partial charge < -0.3 is 4.74 Å². The van der Waals surface area contributed by atoms with Gasteiger partial charge in [0.25, 0.3) is 0 Å². The summed E-state index contributed by atoms with van der Waals surface area (Å²) < 4.78 is 18.2. The Kier molecular flexibility index (Phi) is 5.12. The first kappa shape index (κ1) is 12.8. The lowest BCUT2D eigenvalue weighted by Crippen LogP contribution is -2.05. The standard InChI is InChI=1S/C13H17FO2/c1-3-7-16-8-6-13(15)11-4-5-12(14)10(2)9-11/h4-5,9H,3,6-8H2,1-2H3. The Morgan fingerprint density at radius 2 is 2.12 bits per heavy atom. The van der Waals surface area contributed by atoms with Crippen molar-refractivity contribution in [1.29, 1.82) is 0 Å². The molecule has 0 saturated carbocycles. The number of ether oxygens (including phenoxy) is 1. The zero-order valence-corrected chi connectivity index (χ0v) is 9.75. The minimum absolute atomic E-state index is 0.000738. The fraction of sp³-hybridized carbons (Fsp3) is 0.462. The Morgan fingerprint density at radius 1 is 1.38 bits per heavy atom. The first-order valence-electron chi connectivity index (χ1n) is 5.52. The molecule has 0 atom stereocenters. The molecule has 3 heteroatoms. The molecule has 0 unspecified atom stereocenters. The van der Waals surface area contributed by atoms with E-state index in [0.29, 0.717) is 30.8 Å². The maximum atomic E-state index is 13.0. The topological polar surface area (TPSA) is 26.3 Å². The van der Waals surface area contributed by atoms with Gasteiger partial charge in [0.05, 0.1) is 6.61 Å². The van der Waals surface area contributed by atoms with E-state index in [1.807, 2.05) is 6.92 Å². The number of benzene rings is 1. The van der Waals surface area contributed by atoms with Crippen molar-refractivity contribution in [1.82, 2.24) is 0 Å². The zero-order chi connectivity index (χ0) is 12.0.